The minimum absolute atomic E-state index is 0.0451. The molecule has 0 aliphatic carbocycles. The fraction of sp³-hybridized carbons (Fsp3) is 0.476. The summed E-state index contributed by atoms with van der Waals surface area (Å²) in [6.45, 7) is 5.68. The van der Waals surface area contributed by atoms with E-state index < -0.39 is 5.97 Å². The van der Waals surface area contributed by atoms with Crippen molar-refractivity contribution in [1.29, 1.82) is 0 Å². The molecule has 1 aliphatic rings. The normalized spacial score (nSPS) is 17.3. The van der Waals surface area contributed by atoms with E-state index >= 15 is 0 Å². The highest BCUT2D eigenvalue weighted by Crippen LogP contribution is 2.27. The number of carbonyl (C=O) groups excluding carboxylic acids is 1. The van der Waals surface area contributed by atoms with Gasteiger partial charge in [-0.25, -0.2) is 4.98 Å². The van der Waals surface area contributed by atoms with Gasteiger partial charge in [0, 0.05) is 30.5 Å². The van der Waals surface area contributed by atoms with Crippen molar-refractivity contribution in [3.63, 3.8) is 0 Å². The lowest BCUT2D eigenvalue weighted by molar-refractivity contribution is -0.137. The van der Waals surface area contributed by atoms with Gasteiger partial charge in [-0.3, -0.25) is 9.59 Å². The lowest BCUT2D eigenvalue weighted by Crippen LogP contribution is -2.40. The molecule has 1 saturated heterocycles. The summed E-state index contributed by atoms with van der Waals surface area (Å²) in [6.07, 6.45) is 2.70. The predicted molar refractivity (Wildman–Crippen MR) is 107 cm³/mol. The van der Waals surface area contributed by atoms with E-state index in [2.05, 4.69) is 43.1 Å². The van der Waals surface area contributed by atoms with E-state index in [0.717, 1.165) is 30.0 Å². The van der Waals surface area contributed by atoms with Gasteiger partial charge in [0.25, 0.3) is 5.91 Å². The Balaban J connectivity index is 1.66. The molecule has 2 aromatic rings. The Bertz CT molecular complexity index is 798. The number of piperidine rings is 1. The van der Waals surface area contributed by atoms with Crippen LogP contribution in [0, 0.1) is 5.92 Å². The highest BCUT2D eigenvalue weighted by molar-refractivity contribution is 7.13. The first kappa shape index (κ1) is 19.5. The Morgan fingerprint density at radius 1 is 1.30 bits per heavy atom. The van der Waals surface area contributed by atoms with E-state index in [1.807, 2.05) is 10.3 Å². The number of carboxylic acids is 1. The molecule has 1 fully saturated rings. The summed E-state index contributed by atoms with van der Waals surface area (Å²) in [6, 6.07) is 8.34. The van der Waals surface area contributed by atoms with Crippen LogP contribution in [0.15, 0.2) is 29.6 Å². The lowest BCUT2D eigenvalue weighted by atomic mass is 9.93. The Morgan fingerprint density at radius 2 is 2.04 bits per heavy atom. The standard InChI is InChI=1S/C21H26N2O3S/c1-14(2)16-6-8-17(9-7-16)20-22-18(13-27-20)21(26)23-11-3-4-15(12-23)5-10-19(24)25/h6-9,13-15H,3-5,10-12H2,1-2H3,(H,24,25). The maximum atomic E-state index is 12.8. The van der Waals surface area contributed by atoms with E-state index in [9.17, 15) is 9.59 Å². The Labute approximate surface area is 164 Å². The van der Waals surface area contributed by atoms with Crippen LogP contribution in [0.5, 0.6) is 0 Å². The second-order valence-electron chi connectivity index (χ2n) is 7.51. The minimum Gasteiger partial charge on any atom is -0.481 e. The quantitative estimate of drug-likeness (QED) is 0.784. The van der Waals surface area contributed by atoms with Crippen LogP contribution in [0.25, 0.3) is 10.6 Å². The van der Waals surface area contributed by atoms with Gasteiger partial charge < -0.3 is 10.0 Å². The van der Waals surface area contributed by atoms with Crippen molar-refractivity contribution in [3.05, 3.63) is 40.9 Å². The van der Waals surface area contributed by atoms with Crippen molar-refractivity contribution < 1.29 is 14.7 Å². The highest BCUT2D eigenvalue weighted by Gasteiger charge is 2.26. The molecule has 1 unspecified atom stereocenters. The van der Waals surface area contributed by atoms with Crippen LogP contribution < -0.4 is 0 Å². The second-order valence-corrected chi connectivity index (χ2v) is 8.36. The van der Waals surface area contributed by atoms with Gasteiger partial charge in [0.2, 0.25) is 0 Å². The molecule has 1 amide bonds. The molecule has 1 aliphatic heterocycles. The molecule has 0 saturated carbocycles. The number of carbonyl (C=O) groups is 2. The summed E-state index contributed by atoms with van der Waals surface area (Å²) < 4.78 is 0. The third kappa shape index (κ3) is 4.95. The molecule has 1 N–H and O–H groups in total. The van der Waals surface area contributed by atoms with Gasteiger partial charge in [-0.15, -0.1) is 11.3 Å². The van der Waals surface area contributed by atoms with E-state index in [1.165, 1.54) is 16.9 Å². The number of nitrogens with zero attached hydrogens (tertiary/aromatic N) is 2. The third-order valence-corrected chi connectivity index (χ3v) is 6.01. The molecule has 0 spiro atoms. The number of hydrogen-bond acceptors (Lipinski definition) is 4. The molecular formula is C21H26N2O3S. The number of amides is 1. The zero-order valence-corrected chi connectivity index (χ0v) is 16.7. The number of benzene rings is 1. The van der Waals surface area contributed by atoms with Crippen LogP contribution in [0.3, 0.4) is 0 Å². The monoisotopic (exact) mass is 386 g/mol. The predicted octanol–water partition coefficient (Wildman–Crippen LogP) is 4.65. The zero-order valence-electron chi connectivity index (χ0n) is 15.9. The maximum Gasteiger partial charge on any atom is 0.303 e. The van der Waals surface area contributed by atoms with Crippen LogP contribution >= 0.6 is 11.3 Å². The average molecular weight is 387 g/mol. The first-order valence-corrected chi connectivity index (χ1v) is 10.4. The summed E-state index contributed by atoms with van der Waals surface area (Å²) in [7, 11) is 0. The van der Waals surface area contributed by atoms with Gasteiger partial charge in [-0.2, -0.15) is 0 Å². The van der Waals surface area contributed by atoms with E-state index in [4.69, 9.17) is 5.11 Å². The summed E-state index contributed by atoms with van der Waals surface area (Å²) in [5, 5.41) is 11.5. The Kier molecular flexibility index (Phi) is 6.26. The second kappa shape index (κ2) is 8.65. The van der Waals surface area contributed by atoms with Crippen LogP contribution in [-0.4, -0.2) is 40.0 Å². The molecule has 2 heterocycles. The SMILES string of the molecule is CC(C)c1ccc(-c2nc(C(=O)N3CCCC(CCC(=O)O)C3)cs2)cc1. The highest BCUT2D eigenvalue weighted by atomic mass is 32.1. The van der Waals surface area contributed by atoms with Gasteiger partial charge in [-0.1, -0.05) is 38.1 Å². The number of aliphatic carboxylic acids is 1. The first-order chi connectivity index (χ1) is 12.9. The average Bonchev–Trinajstić information content (AvgIpc) is 3.16. The topological polar surface area (TPSA) is 70.5 Å². The van der Waals surface area contributed by atoms with E-state index in [-0.39, 0.29) is 18.2 Å². The molecule has 1 aromatic heterocycles. The fourth-order valence-electron chi connectivity index (χ4n) is 3.49. The van der Waals surface area contributed by atoms with Crippen LogP contribution in [0.1, 0.15) is 61.5 Å². The van der Waals surface area contributed by atoms with Crippen molar-refractivity contribution in [2.45, 2.75) is 45.4 Å². The lowest BCUT2D eigenvalue weighted by Gasteiger charge is -2.32. The summed E-state index contributed by atoms with van der Waals surface area (Å²) in [5.41, 5.74) is 2.80. The molecule has 1 atom stereocenters. The molecule has 5 nitrogen and oxygen atoms in total. The number of rotatable bonds is 6. The van der Waals surface area contributed by atoms with E-state index in [0.29, 0.717) is 24.6 Å². The van der Waals surface area contributed by atoms with Crippen LogP contribution in [0.2, 0.25) is 0 Å². The van der Waals surface area contributed by atoms with Gasteiger partial charge in [-0.05, 0) is 36.7 Å². The summed E-state index contributed by atoms with van der Waals surface area (Å²) >= 11 is 1.49. The van der Waals surface area contributed by atoms with Gasteiger partial charge in [0.1, 0.15) is 10.7 Å². The van der Waals surface area contributed by atoms with Crippen molar-refractivity contribution in [2.24, 2.45) is 5.92 Å². The molecule has 1 aromatic carbocycles. The Hall–Kier alpha value is -2.21. The molecule has 6 heteroatoms. The smallest absolute Gasteiger partial charge is 0.303 e. The molecule has 27 heavy (non-hydrogen) atoms. The first-order valence-electron chi connectivity index (χ1n) is 9.51. The maximum absolute atomic E-state index is 12.8. The van der Waals surface area contributed by atoms with Gasteiger partial charge in [0.15, 0.2) is 0 Å². The fourth-order valence-corrected chi connectivity index (χ4v) is 4.29. The Morgan fingerprint density at radius 3 is 2.70 bits per heavy atom. The zero-order chi connectivity index (χ0) is 19.4. The van der Waals surface area contributed by atoms with Crippen molar-refractivity contribution >= 4 is 23.2 Å². The minimum atomic E-state index is -0.772. The van der Waals surface area contributed by atoms with Crippen molar-refractivity contribution in [3.8, 4) is 10.6 Å². The molecule has 0 bridgehead atoms. The number of likely N-dealkylation sites (tertiary alicyclic amines) is 1. The number of thiazole rings is 1. The molecular weight excluding hydrogens is 360 g/mol. The van der Waals surface area contributed by atoms with E-state index in [1.54, 1.807) is 0 Å². The van der Waals surface area contributed by atoms with Crippen LogP contribution in [-0.2, 0) is 4.79 Å². The largest absolute Gasteiger partial charge is 0.481 e. The number of hydrogen-bond donors (Lipinski definition) is 1. The number of aromatic nitrogens is 1. The van der Waals surface area contributed by atoms with Gasteiger partial charge >= 0.3 is 5.97 Å². The van der Waals surface area contributed by atoms with Crippen molar-refractivity contribution in [2.75, 3.05) is 13.1 Å². The third-order valence-electron chi connectivity index (χ3n) is 5.12. The van der Waals surface area contributed by atoms with Gasteiger partial charge in [0.05, 0.1) is 0 Å². The molecule has 144 valence electrons. The van der Waals surface area contributed by atoms with Crippen LogP contribution in [0.4, 0.5) is 0 Å². The molecule has 0 radical (unpaired) electrons. The summed E-state index contributed by atoms with van der Waals surface area (Å²) in [5.74, 6) is -0.0662. The number of carboxylic acid groups (broad SMARTS) is 1. The molecule has 3 rings (SSSR count). The summed E-state index contributed by atoms with van der Waals surface area (Å²) in [4.78, 5) is 30.0. The van der Waals surface area contributed by atoms with Crippen molar-refractivity contribution in [1.82, 2.24) is 9.88 Å².